The van der Waals surface area contributed by atoms with Crippen LogP contribution in [0.15, 0.2) is 24.3 Å². The van der Waals surface area contributed by atoms with Crippen molar-refractivity contribution in [3.63, 3.8) is 0 Å². The molecule has 2 N–H and O–H groups in total. The lowest BCUT2D eigenvalue weighted by molar-refractivity contribution is -0.142. The van der Waals surface area contributed by atoms with Crippen molar-refractivity contribution in [3.8, 4) is 0 Å². The largest absolute Gasteiger partial charge is 0.340 e. The highest BCUT2D eigenvalue weighted by molar-refractivity contribution is 5.94. The number of benzene rings is 1. The lowest BCUT2D eigenvalue weighted by Gasteiger charge is -2.34. The Bertz CT molecular complexity index is 614. The van der Waals surface area contributed by atoms with Gasteiger partial charge in [0.25, 0.3) is 5.91 Å². The van der Waals surface area contributed by atoms with E-state index in [-0.39, 0.29) is 24.2 Å². The van der Waals surface area contributed by atoms with Crippen LogP contribution in [0.3, 0.4) is 0 Å². The summed E-state index contributed by atoms with van der Waals surface area (Å²) in [6.45, 7) is 6.44. The Labute approximate surface area is 161 Å². The fourth-order valence-corrected chi connectivity index (χ4v) is 3.39. The molecular weight excluding hydrogens is 357 g/mol. The van der Waals surface area contributed by atoms with Crippen LogP contribution in [0.4, 0.5) is 4.39 Å². The third-order valence-corrected chi connectivity index (χ3v) is 5.34. The van der Waals surface area contributed by atoms with E-state index in [0.29, 0.717) is 57.5 Å². The molecule has 0 aliphatic carbocycles. The number of halogens is 2. The monoisotopic (exact) mass is 385 g/mol. The van der Waals surface area contributed by atoms with Crippen molar-refractivity contribution in [2.45, 2.75) is 33.1 Å². The summed E-state index contributed by atoms with van der Waals surface area (Å²) < 4.78 is 13.4. The molecule has 1 aromatic rings. The molecule has 1 aliphatic heterocycles. The Morgan fingerprint density at radius 3 is 2.31 bits per heavy atom. The van der Waals surface area contributed by atoms with E-state index in [1.807, 2.05) is 18.7 Å². The van der Waals surface area contributed by atoms with Crippen LogP contribution in [0.1, 0.15) is 43.5 Å². The van der Waals surface area contributed by atoms with Crippen LogP contribution in [0.5, 0.6) is 0 Å². The third kappa shape index (κ3) is 4.74. The van der Waals surface area contributed by atoms with Gasteiger partial charge in [0.1, 0.15) is 5.82 Å². The molecule has 1 aromatic carbocycles. The second-order valence-electron chi connectivity index (χ2n) is 6.64. The number of carbonyl (C=O) groups is 2. The van der Waals surface area contributed by atoms with Gasteiger partial charge in [-0.25, -0.2) is 4.39 Å². The lowest BCUT2D eigenvalue weighted by Crippen LogP contribution is -2.48. The maximum atomic E-state index is 13.4. The number of rotatable bonds is 5. The quantitative estimate of drug-likeness (QED) is 0.847. The molecule has 2 rings (SSSR count). The van der Waals surface area contributed by atoms with Gasteiger partial charge in [-0.05, 0) is 37.5 Å². The van der Waals surface area contributed by atoms with Crippen LogP contribution in [-0.2, 0) is 4.79 Å². The van der Waals surface area contributed by atoms with Gasteiger partial charge >= 0.3 is 0 Å². The molecule has 1 fully saturated rings. The van der Waals surface area contributed by atoms with Crippen LogP contribution in [0.2, 0.25) is 0 Å². The second kappa shape index (κ2) is 9.88. The Kier molecular flexibility index (Phi) is 8.50. The maximum Gasteiger partial charge on any atom is 0.254 e. The number of nitrogens with zero attached hydrogens (tertiary/aromatic N) is 2. The molecule has 0 aromatic heterocycles. The first-order valence-electron chi connectivity index (χ1n) is 9.01. The molecule has 5 nitrogen and oxygen atoms in total. The molecule has 1 heterocycles. The molecule has 146 valence electrons. The van der Waals surface area contributed by atoms with Crippen molar-refractivity contribution in [1.82, 2.24) is 9.80 Å². The molecule has 1 aliphatic rings. The van der Waals surface area contributed by atoms with Gasteiger partial charge in [0, 0.05) is 38.3 Å². The van der Waals surface area contributed by atoms with E-state index in [0.717, 1.165) is 0 Å². The Hall–Kier alpha value is -1.66. The molecule has 0 spiro atoms. The van der Waals surface area contributed by atoms with Gasteiger partial charge in [-0.15, -0.1) is 12.4 Å². The lowest BCUT2D eigenvalue weighted by atomic mass is 9.81. The number of carbonyl (C=O) groups excluding carboxylic acids is 2. The molecule has 0 saturated carbocycles. The van der Waals surface area contributed by atoms with Crippen LogP contribution in [-0.4, -0.2) is 54.3 Å². The third-order valence-electron chi connectivity index (χ3n) is 5.34. The molecular formula is C19H29ClFN3O2. The average Bonchev–Trinajstić information content (AvgIpc) is 2.89. The van der Waals surface area contributed by atoms with Crippen molar-refractivity contribution < 1.29 is 14.0 Å². The summed E-state index contributed by atoms with van der Waals surface area (Å²) in [5.41, 5.74) is 5.73. The van der Waals surface area contributed by atoms with Gasteiger partial charge in [-0.2, -0.15) is 0 Å². The number of hydrogen-bond acceptors (Lipinski definition) is 3. The van der Waals surface area contributed by atoms with E-state index in [1.54, 1.807) is 11.0 Å². The van der Waals surface area contributed by atoms with Crippen molar-refractivity contribution in [2.75, 3.05) is 32.7 Å². The van der Waals surface area contributed by atoms with E-state index in [9.17, 15) is 14.0 Å². The maximum absolute atomic E-state index is 13.4. The smallest absolute Gasteiger partial charge is 0.254 e. The zero-order valence-corrected chi connectivity index (χ0v) is 16.4. The first kappa shape index (κ1) is 22.4. The topological polar surface area (TPSA) is 66.6 Å². The fourth-order valence-electron chi connectivity index (χ4n) is 3.39. The summed E-state index contributed by atoms with van der Waals surface area (Å²) in [5, 5.41) is 0. The number of hydrogen-bond donors (Lipinski definition) is 1. The highest BCUT2D eigenvalue weighted by Gasteiger charge is 2.37. The average molecular weight is 386 g/mol. The Morgan fingerprint density at radius 1 is 1.12 bits per heavy atom. The SMILES string of the molecule is CCC(CC)(CN)C(=O)N1CCCN(C(=O)c2cccc(F)c2)CC1.Cl. The minimum absolute atomic E-state index is 0. The molecule has 0 atom stereocenters. The molecule has 26 heavy (non-hydrogen) atoms. The van der Waals surface area contributed by atoms with Gasteiger partial charge in [0.2, 0.25) is 5.91 Å². The van der Waals surface area contributed by atoms with Crippen LogP contribution < -0.4 is 5.73 Å². The minimum Gasteiger partial charge on any atom is -0.340 e. The molecule has 0 unspecified atom stereocenters. The molecule has 1 saturated heterocycles. The Balaban J connectivity index is 0.00000338. The highest BCUT2D eigenvalue weighted by Crippen LogP contribution is 2.28. The van der Waals surface area contributed by atoms with Gasteiger partial charge < -0.3 is 15.5 Å². The van der Waals surface area contributed by atoms with E-state index in [1.165, 1.54) is 18.2 Å². The molecule has 0 radical (unpaired) electrons. The number of nitrogens with two attached hydrogens (primary N) is 1. The van der Waals surface area contributed by atoms with Crippen LogP contribution in [0.25, 0.3) is 0 Å². The van der Waals surface area contributed by atoms with Gasteiger partial charge in [0.05, 0.1) is 5.41 Å². The molecule has 7 heteroatoms. The second-order valence-corrected chi connectivity index (χ2v) is 6.64. The summed E-state index contributed by atoms with van der Waals surface area (Å²) in [6, 6.07) is 5.73. The summed E-state index contributed by atoms with van der Waals surface area (Å²) >= 11 is 0. The van der Waals surface area contributed by atoms with Crippen LogP contribution in [0, 0.1) is 11.2 Å². The van der Waals surface area contributed by atoms with Crippen molar-refractivity contribution >= 4 is 24.2 Å². The van der Waals surface area contributed by atoms with E-state index < -0.39 is 11.2 Å². The van der Waals surface area contributed by atoms with E-state index >= 15 is 0 Å². The predicted octanol–water partition coefficient (Wildman–Crippen LogP) is 2.69. The summed E-state index contributed by atoms with van der Waals surface area (Å²) in [5.74, 6) is -0.527. The van der Waals surface area contributed by atoms with Gasteiger partial charge in [-0.3, -0.25) is 9.59 Å². The Morgan fingerprint density at radius 2 is 1.73 bits per heavy atom. The van der Waals surface area contributed by atoms with Gasteiger partial charge in [-0.1, -0.05) is 19.9 Å². The standard InChI is InChI=1S/C19H28FN3O2.ClH/c1-3-19(4-2,14-21)18(25)23-10-6-9-22(11-12-23)17(24)15-7-5-8-16(20)13-15;/h5,7-8,13H,3-4,6,9-12,14,21H2,1-2H3;1H. The highest BCUT2D eigenvalue weighted by atomic mass is 35.5. The zero-order chi connectivity index (χ0) is 18.4. The minimum atomic E-state index is -0.512. The fraction of sp³-hybridized carbons (Fsp3) is 0.579. The van der Waals surface area contributed by atoms with Crippen molar-refractivity contribution in [2.24, 2.45) is 11.1 Å². The van der Waals surface area contributed by atoms with Crippen molar-refractivity contribution in [3.05, 3.63) is 35.6 Å². The first-order valence-corrected chi connectivity index (χ1v) is 9.01. The predicted molar refractivity (Wildman–Crippen MR) is 103 cm³/mol. The van der Waals surface area contributed by atoms with Crippen molar-refractivity contribution in [1.29, 1.82) is 0 Å². The molecule has 0 bridgehead atoms. The normalized spacial score (nSPS) is 15.2. The summed E-state index contributed by atoms with van der Waals surface area (Å²) in [7, 11) is 0. The van der Waals surface area contributed by atoms with Gasteiger partial charge in [0.15, 0.2) is 0 Å². The first-order chi connectivity index (χ1) is 12.0. The molecule has 2 amide bonds. The van der Waals surface area contributed by atoms with E-state index in [2.05, 4.69) is 0 Å². The van der Waals surface area contributed by atoms with E-state index in [4.69, 9.17) is 5.73 Å². The summed E-state index contributed by atoms with van der Waals surface area (Å²) in [6.07, 6.45) is 2.13. The van der Waals surface area contributed by atoms with Crippen LogP contribution >= 0.6 is 12.4 Å². The summed E-state index contributed by atoms with van der Waals surface area (Å²) in [4.78, 5) is 29.1. The number of amides is 2. The zero-order valence-electron chi connectivity index (χ0n) is 15.5.